The monoisotopic (exact) mass is 306 g/mol. The highest BCUT2D eigenvalue weighted by atomic mass is 32.2. The van der Waals surface area contributed by atoms with Crippen LogP contribution in [0.3, 0.4) is 0 Å². The van der Waals surface area contributed by atoms with Crippen LogP contribution in [0.1, 0.15) is 23.5 Å². The number of benzene rings is 1. The summed E-state index contributed by atoms with van der Waals surface area (Å²) in [5, 5.41) is 0.00514. The third kappa shape index (κ3) is 3.59. The zero-order chi connectivity index (χ0) is 24.1. The molecule has 2 aromatic rings. The van der Waals surface area contributed by atoms with Gasteiger partial charge in [-0.05, 0) is 50.6 Å². The summed E-state index contributed by atoms with van der Waals surface area (Å²) < 4.78 is 108. The fraction of sp³-hybridized carbons (Fsp3) is 0.429. The lowest BCUT2D eigenvalue weighted by atomic mass is 10.1. The van der Waals surface area contributed by atoms with E-state index in [0.29, 0.717) is 5.56 Å². The number of hydrogen-bond donors (Lipinski definition) is 2. The molecule has 5 nitrogen and oxygen atoms in total. The van der Waals surface area contributed by atoms with Crippen LogP contribution >= 0.6 is 0 Å². The van der Waals surface area contributed by atoms with Crippen molar-refractivity contribution in [3.05, 3.63) is 35.5 Å². The predicted molar refractivity (Wildman–Crippen MR) is 82.2 cm³/mol. The summed E-state index contributed by atoms with van der Waals surface area (Å²) in [6, 6.07) is -1.69. The van der Waals surface area contributed by atoms with E-state index in [4.69, 9.17) is 15.2 Å². The Kier molecular flexibility index (Phi) is 1.84. The first-order valence-electron chi connectivity index (χ1n) is 11.1. The van der Waals surface area contributed by atoms with Crippen LogP contribution in [0.4, 0.5) is 0 Å². The number of nitrogens with zero attached hydrogens (tertiary/aromatic N) is 1. The van der Waals surface area contributed by atoms with E-state index in [1.54, 1.807) is 0 Å². The van der Waals surface area contributed by atoms with Gasteiger partial charge in [0.2, 0.25) is 10.0 Å². The maximum atomic E-state index is 12.4. The molecule has 0 saturated heterocycles. The minimum absolute atomic E-state index is 0.00514. The maximum Gasteiger partial charge on any atom is 0.215 e. The Hall–Kier alpha value is -1.37. The second-order valence-corrected chi connectivity index (χ2v) is 5.98. The Bertz CT molecular complexity index is 1090. The third-order valence-corrected chi connectivity index (χ3v) is 3.63. The number of fused-ring (bicyclic) bond motifs is 1. The lowest BCUT2D eigenvalue weighted by Crippen LogP contribution is -2.20. The molecule has 1 heterocycles. The van der Waals surface area contributed by atoms with E-state index in [2.05, 4.69) is 0 Å². The number of sulfonamides is 1. The summed E-state index contributed by atoms with van der Waals surface area (Å²) in [4.78, 5) is 1.83. The standard InChI is InChI=1S/C14H21N3O2S/c1-15-20(18,19)10-11-4-5-14-13(8-11)12(9-16-14)6-7-17(2)3/h4-5,8-9,15-16H,6-7,10H2,1-3H3/i1D3,2D3,4D,5D,8D/hD2. The predicted octanol–water partition coefficient (Wildman–Crippen LogP) is 1.32. The van der Waals surface area contributed by atoms with Gasteiger partial charge >= 0.3 is 0 Å². The highest BCUT2D eigenvalue weighted by Gasteiger charge is 2.11. The number of H-pyrrole nitrogens is 1. The van der Waals surface area contributed by atoms with Crippen LogP contribution in [0.5, 0.6) is 0 Å². The van der Waals surface area contributed by atoms with Gasteiger partial charge in [-0.1, -0.05) is 6.04 Å². The summed E-state index contributed by atoms with van der Waals surface area (Å²) in [6.45, 7) is -5.64. The molecule has 1 aromatic heterocycles. The van der Waals surface area contributed by atoms with Crippen LogP contribution in [-0.4, -0.2) is 45.8 Å². The molecule has 0 aliphatic carbocycles. The van der Waals surface area contributed by atoms with E-state index in [-0.39, 0.29) is 23.9 Å². The van der Waals surface area contributed by atoms with Crippen molar-refractivity contribution in [1.29, 1.82) is 0 Å². The molecule has 0 fully saturated rings. The summed E-state index contributed by atoms with van der Waals surface area (Å²) in [5.74, 6) is -1.16. The number of rotatable bonds is 6. The molecule has 20 heavy (non-hydrogen) atoms. The highest BCUT2D eigenvalue weighted by Crippen LogP contribution is 2.21. The molecule has 110 valence electrons. The van der Waals surface area contributed by atoms with Crippen molar-refractivity contribution >= 4 is 20.9 Å². The van der Waals surface area contributed by atoms with E-state index in [1.165, 1.54) is 13.2 Å². The normalized spacial score (nSPS) is 21.9. The van der Waals surface area contributed by atoms with Crippen molar-refractivity contribution in [2.75, 3.05) is 27.5 Å². The minimum Gasteiger partial charge on any atom is -0.361 e. The molecule has 0 unspecified atom stereocenters. The van der Waals surface area contributed by atoms with Gasteiger partial charge in [0.15, 0.2) is 1.41 Å². The lowest BCUT2D eigenvalue weighted by molar-refractivity contribution is 0.414. The minimum atomic E-state index is -4.77. The zero-order valence-corrected chi connectivity index (χ0v) is 11.6. The average molecular weight is 306 g/mol. The van der Waals surface area contributed by atoms with Gasteiger partial charge in [-0.2, -0.15) is 0 Å². The molecule has 0 radical (unpaired) electrons. The molecule has 2 rings (SSSR count). The first kappa shape index (κ1) is 6.17. The van der Waals surface area contributed by atoms with Crippen LogP contribution in [0.15, 0.2) is 24.3 Å². The Morgan fingerprint density at radius 3 is 3.20 bits per heavy atom. The molecule has 0 aliphatic rings. The zero-order valence-electron chi connectivity index (χ0n) is 21.8. The molecule has 1 aromatic carbocycles. The van der Waals surface area contributed by atoms with Gasteiger partial charge in [-0.25, -0.2) is 13.1 Å². The Morgan fingerprint density at radius 2 is 2.45 bits per heavy atom. The van der Waals surface area contributed by atoms with Gasteiger partial charge in [0.25, 0.3) is 0 Å². The molecular formula is C14H21N3O2S. The first-order valence-corrected chi connectivity index (χ1v) is 7.35. The van der Waals surface area contributed by atoms with Gasteiger partial charge in [-0.3, -0.25) is 0 Å². The molecule has 0 bridgehead atoms. The van der Waals surface area contributed by atoms with Crippen LogP contribution in [0.25, 0.3) is 10.9 Å². The fourth-order valence-corrected chi connectivity index (χ4v) is 2.31. The average Bonchev–Trinajstić information content (AvgIpc) is 2.95. The number of likely N-dealkylation sites (N-methyl/N-ethyl adjacent to an activating group) is 1. The smallest absolute Gasteiger partial charge is 0.215 e. The van der Waals surface area contributed by atoms with E-state index in [1.807, 2.05) is 0 Å². The van der Waals surface area contributed by atoms with Crippen molar-refractivity contribution in [3.63, 3.8) is 0 Å². The summed E-state index contributed by atoms with van der Waals surface area (Å²) in [5.41, 5.74) is -0.298. The Morgan fingerprint density at radius 1 is 1.60 bits per heavy atom. The molecule has 2 N–H and O–H groups in total. The van der Waals surface area contributed by atoms with Gasteiger partial charge < -0.3 is 9.88 Å². The van der Waals surface area contributed by atoms with Crippen molar-refractivity contribution < 1.29 is 23.6 Å². The van der Waals surface area contributed by atoms with E-state index in [9.17, 15) is 8.42 Å². The van der Waals surface area contributed by atoms with Gasteiger partial charge in [0, 0.05) is 31.9 Å². The summed E-state index contributed by atoms with van der Waals surface area (Å²) in [7, 11) is -3.41. The van der Waals surface area contributed by atoms with Crippen LogP contribution in [-0.2, 0) is 22.2 Å². The lowest BCUT2D eigenvalue weighted by Gasteiger charge is -2.08. The molecule has 0 saturated carbocycles. The second-order valence-electron chi connectivity index (χ2n) is 4.35. The largest absolute Gasteiger partial charge is 0.361 e. The molecule has 0 amide bonds. The number of nitrogens with one attached hydrogen (secondary N) is 2. The Labute approximate surface area is 135 Å². The van der Waals surface area contributed by atoms with Gasteiger partial charge in [0.1, 0.15) is 1.41 Å². The Balaban J connectivity index is 2.60. The van der Waals surface area contributed by atoms with Crippen LogP contribution in [0, 0.1) is 0 Å². The summed E-state index contributed by atoms with van der Waals surface area (Å²) >= 11 is 0. The van der Waals surface area contributed by atoms with Crippen molar-refractivity contribution in [2.45, 2.75) is 12.2 Å². The number of hydrogen-bond acceptors (Lipinski definition) is 3. The number of aromatic amines is 1. The van der Waals surface area contributed by atoms with E-state index in [0.717, 1.165) is 9.88 Å². The highest BCUT2D eigenvalue weighted by molar-refractivity contribution is 7.88. The quantitative estimate of drug-likeness (QED) is 0.846. The maximum absolute atomic E-state index is 12.4. The SMILES string of the molecule is [2H]c1c(CS(=O)(=O)N([2H])C([2H])([2H])[2H])c([2H])c2c(CCN(C)C([2H])([2H])[2H])cn([2H])c2c1[2H]. The van der Waals surface area contributed by atoms with Crippen molar-refractivity contribution in [2.24, 2.45) is 0 Å². The van der Waals surface area contributed by atoms with Crippen molar-refractivity contribution in [3.8, 4) is 0 Å². The molecule has 0 spiro atoms. The second kappa shape index (κ2) is 5.95. The van der Waals surface area contributed by atoms with E-state index < -0.39 is 58.1 Å². The molecule has 6 heteroatoms. The fourth-order valence-electron chi connectivity index (χ4n) is 1.74. The number of aromatic nitrogens is 1. The first-order chi connectivity index (χ1) is 13.9. The van der Waals surface area contributed by atoms with E-state index >= 15 is 0 Å². The van der Waals surface area contributed by atoms with Crippen LogP contribution in [0.2, 0.25) is 2.82 Å². The van der Waals surface area contributed by atoms with Crippen molar-refractivity contribution in [1.82, 2.24) is 14.6 Å². The van der Waals surface area contributed by atoms with Crippen LogP contribution < -0.4 is 4.72 Å². The summed E-state index contributed by atoms with van der Waals surface area (Å²) in [6.07, 6.45) is 1.32. The van der Waals surface area contributed by atoms with Gasteiger partial charge in [-0.15, -0.1) is 0 Å². The third-order valence-electron chi connectivity index (χ3n) is 2.70. The molecule has 0 atom stereocenters. The molecular weight excluding hydrogens is 274 g/mol. The molecule has 0 aliphatic heterocycles. The van der Waals surface area contributed by atoms with Gasteiger partial charge in [0.05, 0.1) is 9.87 Å². The topological polar surface area (TPSA) is 65.2 Å².